The van der Waals surface area contributed by atoms with Gasteiger partial charge in [-0.2, -0.15) is 0 Å². The Bertz CT molecular complexity index is 3150. The van der Waals surface area contributed by atoms with E-state index in [0.717, 1.165) is 67.1 Å². The molecule has 0 amide bonds. The minimum absolute atomic E-state index is 0.707. The van der Waals surface area contributed by atoms with E-state index < -0.39 is 0 Å². The molecule has 7 aromatic carbocycles. The predicted molar refractivity (Wildman–Crippen MR) is 234 cm³/mol. The van der Waals surface area contributed by atoms with E-state index in [2.05, 4.69) is 162 Å². The molecule has 4 nitrogen and oxygen atoms in total. The van der Waals surface area contributed by atoms with E-state index in [0.29, 0.717) is 5.82 Å². The van der Waals surface area contributed by atoms with Crippen LogP contribution < -0.4 is 0 Å². The fraction of sp³-hybridized carbons (Fsp3) is 0. The minimum Gasteiger partial charge on any atom is -0.308 e. The van der Waals surface area contributed by atoms with Crippen LogP contribution in [0, 0.1) is 0 Å². The van der Waals surface area contributed by atoms with Crippen molar-refractivity contribution < 1.29 is 0 Å². The van der Waals surface area contributed by atoms with Crippen molar-refractivity contribution in [3.63, 3.8) is 0 Å². The van der Waals surface area contributed by atoms with Gasteiger partial charge in [-0.3, -0.25) is 0 Å². The zero-order chi connectivity index (χ0) is 37.0. The smallest absolute Gasteiger partial charge is 0.160 e. The largest absolute Gasteiger partial charge is 0.308 e. The number of nitrogens with zero attached hydrogens (tertiary/aromatic N) is 4. The number of aromatic nitrogens is 4. The lowest BCUT2D eigenvalue weighted by molar-refractivity contribution is 1.18. The molecular formula is C51H32N4S. The van der Waals surface area contributed by atoms with Crippen LogP contribution in [0.1, 0.15) is 0 Å². The first-order valence-corrected chi connectivity index (χ1v) is 19.6. The Kier molecular flexibility index (Phi) is 7.64. The molecule has 0 aliphatic rings. The van der Waals surface area contributed by atoms with E-state index in [1.165, 1.54) is 31.2 Å². The zero-order valence-corrected chi connectivity index (χ0v) is 31.0. The fourth-order valence-corrected chi connectivity index (χ4v) is 9.34. The summed E-state index contributed by atoms with van der Waals surface area (Å²) in [7, 11) is 0. The number of hydrogen-bond acceptors (Lipinski definition) is 4. The highest BCUT2D eigenvalue weighted by Gasteiger charge is 2.24. The van der Waals surface area contributed by atoms with Gasteiger partial charge < -0.3 is 4.57 Å². The number of pyridine rings is 1. The van der Waals surface area contributed by atoms with E-state index in [9.17, 15) is 0 Å². The van der Waals surface area contributed by atoms with Gasteiger partial charge in [-0.15, -0.1) is 11.3 Å². The van der Waals surface area contributed by atoms with E-state index in [1.807, 2.05) is 47.7 Å². The summed E-state index contributed by atoms with van der Waals surface area (Å²) in [6.45, 7) is 0. The van der Waals surface area contributed by atoms with Gasteiger partial charge in [-0.1, -0.05) is 170 Å². The monoisotopic (exact) mass is 732 g/mol. The van der Waals surface area contributed by atoms with Crippen LogP contribution in [0.5, 0.6) is 0 Å². The number of benzene rings is 7. The van der Waals surface area contributed by atoms with Gasteiger partial charge in [0, 0.05) is 54.4 Å². The highest BCUT2D eigenvalue weighted by molar-refractivity contribution is 7.27. The molecule has 0 N–H and O–H groups in total. The topological polar surface area (TPSA) is 43.6 Å². The molecule has 0 aliphatic heterocycles. The molecule has 0 fully saturated rings. The van der Waals surface area contributed by atoms with Gasteiger partial charge in [-0.05, 0) is 29.8 Å². The molecular weight excluding hydrogens is 701 g/mol. The summed E-state index contributed by atoms with van der Waals surface area (Å²) in [6, 6.07) is 68.0. The van der Waals surface area contributed by atoms with Gasteiger partial charge in [0.15, 0.2) is 5.82 Å². The molecule has 0 bridgehead atoms. The van der Waals surface area contributed by atoms with Gasteiger partial charge in [0.25, 0.3) is 0 Å². The summed E-state index contributed by atoms with van der Waals surface area (Å²) in [5.41, 5.74) is 13.7. The summed E-state index contributed by atoms with van der Waals surface area (Å²) in [5, 5.41) is 3.59. The molecule has 4 heterocycles. The normalized spacial score (nSPS) is 11.6. The van der Waals surface area contributed by atoms with E-state index >= 15 is 0 Å². The third kappa shape index (κ3) is 5.32. The summed E-state index contributed by atoms with van der Waals surface area (Å²) in [5.74, 6) is 0.707. The van der Waals surface area contributed by atoms with Crippen LogP contribution >= 0.6 is 11.3 Å². The highest BCUT2D eigenvalue weighted by Crippen LogP contribution is 2.48. The first kappa shape index (κ1) is 32.2. The van der Waals surface area contributed by atoms with Crippen molar-refractivity contribution in [1.29, 1.82) is 0 Å². The van der Waals surface area contributed by atoms with Crippen LogP contribution in [0.15, 0.2) is 194 Å². The number of hydrogen-bond donors (Lipinski definition) is 0. The molecule has 0 saturated heterocycles. The summed E-state index contributed by atoms with van der Waals surface area (Å²) < 4.78 is 4.94. The lowest BCUT2D eigenvalue weighted by Gasteiger charge is -2.13. The number of thiophene rings is 1. The van der Waals surface area contributed by atoms with Crippen molar-refractivity contribution in [2.45, 2.75) is 0 Å². The summed E-state index contributed by atoms with van der Waals surface area (Å²) >= 11 is 1.87. The summed E-state index contributed by atoms with van der Waals surface area (Å²) in [6.07, 6.45) is 0. The average molecular weight is 733 g/mol. The first-order chi connectivity index (χ1) is 27.8. The number of para-hydroxylation sites is 3. The lowest BCUT2D eigenvalue weighted by Crippen LogP contribution is -1.96. The van der Waals surface area contributed by atoms with Crippen LogP contribution in [0.3, 0.4) is 0 Å². The molecule has 0 unspecified atom stereocenters. The third-order valence-electron chi connectivity index (χ3n) is 10.6. The third-order valence-corrected chi connectivity index (χ3v) is 11.9. The second-order valence-electron chi connectivity index (χ2n) is 14.0. The van der Waals surface area contributed by atoms with Gasteiger partial charge >= 0.3 is 0 Å². The average Bonchev–Trinajstić information content (AvgIpc) is 3.83. The van der Waals surface area contributed by atoms with Crippen molar-refractivity contribution in [1.82, 2.24) is 19.5 Å². The van der Waals surface area contributed by atoms with Crippen molar-refractivity contribution in [3.05, 3.63) is 194 Å². The maximum absolute atomic E-state index is 5.62. The number of fused-ring (bicyclic) bond motifs is 7. The second-order valence-corrected chi connectivity index (χ2v) is 15.0. The first-order valence-electron chi connectivity index (χ1n) is 18.8. The SMILES string of the molecule is c1ccc(-c2cc(-c3ccc(-c4cccc5c4nc(-c4ccccc4)c4c5sc5c6ccccc6n(-c6ccccc6)c54)cc3)nc(-c3ccccc3)n2)cc1. The maximum Gasteiger partial charge on any atom is 0.160 e. The Morgan fingerprint density at radius 2 is 0.964 bits per heavy atom. The standard InChI is InChI=1S/C51H32N4S/c1-5-16-34(17-6-1)42-32-43(53-51(52-42)37-20-9-3-10-21-37)35-30-28-33(29-31-35)39-25-15-26-41-47(39)54-46(36-18-7-2-8-19-36)45-48-50(56-49(41)45)40-24-13-14-27-44(40)55(48)38-22-11-4-12-23-38/h1-32H. The molecule has 0 aliphatic carbocycles. The lowest BCUT2D eigenvalue weighted by atomic mass is 9.97. The Morgan fingerprint density at radius 3 is 1.66 bits per heavy atom. The maximum atomic E-state index is 5.62. The highest BCUT2D eigenvalue weighted by atomic mass is 32.1. The molecule has 11 aromatic rings. The summed E-state index contributed by atoms with van der Waals surface area (Å²) in [4.78, 5) is 15.7. The minimum atomic E-state index is 0.707. The Balaban J connectivity index is 1.11. The van der Waals surface area contributed by atoms with E-state index in [-0.39, 0.29) is 0 Å². The van der Waals surface area contributed by atoms with E-state index in [1.54, 1.807) is 0 Å². The van der Waals surface area contributed by atoms with Crippen molar-refractivity contribution in [2.75, 3.05) is 0 Å². The Hall–Kier alpha value is -7.21. The molecule has 5 heteroatoms. The van der Waals surface area contributed by atoms with Crippen LogP contribution in [0.4, 0.5) is 0 Å². The molecule has 0 radical (unpaired) electrons. The van der Waals surface area contributed by atoms with E-state index in [4.69, 9.17) is 15.0 Å². The van der Waals surface area contributed by atoms with Crippen LogP contribution in [0.25, 0.3) is 104 Å². The molecule has 0 atom stereocenters. The quantitative estimate of drug-likeness (QED) is 0.171. The van der Waals surface area contributed by atoms with Crippen LogP contribution in [-0.4, -0.2) is 19.5 Å². The van der Waals surface area contributed by atoms with Gasteiger partial charge in [0.2, 0.25) is 0 Å². The van der Waals surface area contributed by atoms with Gasteiger partial charge in [0.1, 0.15) is 0 Å². The second kappa shape index (κ2) is 13.3. The fourth-order valence-electron chi connectivity index (χ4n) is 8.00. The zero-order valence-electron chi connectivity index (χ0n) is 30.2. The van der Waals surface area contributed by atoms with Crippen molar-refractivity contribution >= 4 is 53.4 Å². The van der Waals surface area contributed by atoms with Crippen LogP contribution in [0.2, 0.25) is 0 Å². The molecule has 56 heavy (non-hydrogen) atoms. The van der Waals surface area contributed by atoms with Gasteiger partial charge in [-0.25, -0.2) is 15.0 Å². The predicted octanol–water partition coefficient (Wildman–Crippen LogP) is 13.7. The Labute approximate surface area is 327 Å². The van der Waals surface area contributed by atoms with Gasteiger partial charge in [0.05, 0.1) is 38.3 Å². The van der Waals surface area contributed by atoms with Crippen molar-refractivity contribution in [2.24, 2.45) is 0 Å². The molecule has 0 spiro atoms. The Morgan fingerprint density at radius 1 is 0.411 bits per heavy atom. The molecule has 4 aromatic heterocycles. The molecule has 11 rings (SSSR count). The molecule has 262 valence electrons. The van der Waals surface area contributed by atoms with Crippen molar-refractivity contribution in [3.8, 4) is 62.0 Å². The molecule has 0 saturated carbocycles. The van der Waals surface area contributed by atoms with Crippen LogP contribution in [-0.2, 0) is 0 Å². The number of rotatable bonds is 6.